The Labute approximate surface area is 142 Å². The molecule has 0 bridgehead atoms. The molecule has 1 aliphatic heterocycles. The minimum atomic E-state index is 0.0604. The summed E-state index contributed by atoms with van der Waals surface area (Å²) < 4.78 is 11.2. The first-order valence-corrected chi connectivity index (χ1v) is 8.35. The van der Waals surface area contributed by atoms with Gasteiger partial charge < -0.3 is 19.4 Å². The number of rotatable bonds is 4. The first-order chi connectivity index (χ1) is 11.5. The summed E-state index contributed by atoms with van der Waals surface area (Å²) in [6, 6.07) is 11.5. The third-order valence-corrected chi connectivity index (χ3v) is 4.10. The molecule has 1 amide bonds. The van der Waals surface area contributed by atoms with Gasteiger partial charge in [0.2, 0.25) is 0 Å². The third-order valence-electron chi connectivity index (χ3n) is 4.10. The molecule has 1 fully saturated rings. The lowest BCUT2D eigenvalue weighted by Crippen LogP contribution is -2.48. The number of carbonyl (C=O) groups excluding carboxylic acids is 1. The van der Waals surface area contributed by atoms with Crippen LogP contribution >= 0.6 is 0 Å². The first-order valence-electron chi connectivity index (χ1n) is 8.35. The van der Waals surface area contributed by atoms with Crippen LogP contribution in [0.15, 0.2) is 40.8 Å². The van der Waals surface area contributed by atoms with E-state index in [1.807, 2.05) is 62.1 Å². The number of morpholine rings is 1. The highest BCUT2D eigenvalue weighted by Gasteiger charge is 2.26. The minimum absolute atomic E-state index is 0.0604. The molecule has 1 saturated heterocycles. The summed E-state index contributed by atoms with van der Waals surface area (Å²) in [5.41, 5.74) is 1.67. The van der Waals surface area contributed by atoms with Crippen LogP contribution in [0.4, 0.5) is 5.69 Å². The molecule has 5 heteroatoms. The molecule has 0 unspecified atom stereocenters. The van der Waals surface area contributed by atoms with E-state index in [0.717, 1.165) is 17.2 Å². The number of nitrogens with zero attached hydrogens (tertiary/aromatic N) is 1. The van der Waals surface area contributed by atoms with Gasteiger partial charge in [-0.25, -0.2) is 0 Å². The van der Waals surface area contributed by atoms with E-state index in [4.69, 9.17) is 9.15 Å². The second-order valence-electron chi connectivity index (χ2n) is 6.41. The van der Waals surface area contributed by atoms with Crippen molar-refractivity contribution in [3.05, 3.63) is 53.5 Å². The van der Waals surface area contributed by atoms with Crippen molar-refractivity contribution in [2.75, 3.05) is 18.4 Å². The van der Waals surface area contributed by atoms with Crippen LogP contribution in [0.1, 0.15) is 35.7 Å². The Balaban J connectivity index is 1.60. The molecule has 1 N–H and O–H groups in total. The molecule has 1 aliphatic rings. The average molecular weight is 328 g/mol. The quantitative estimate of drug-likeness (QED) is 0.934. The van der Waals surface area contributed by atoms with Crippen molar-refractivity contribution in [1.82, 2.24) is 4.90 Å². The summed E-state index contributed by atoms with van der Waals surface area (Å²) in [4.78, 5) is 14.5. The first kappa shape index (κ1) is 16.6. The molecule has 2 heterocycles. The Hall–Kier alpha value is -2.27. The Morgan fingerprint density at radius 3 is 2.38 bits per heavy atom. The number of carbonyl (C=O) groups is 1. The van der Waals surface area contributed by atoms with E-state index in [9.17, 15) is 4.79 Å². The van der Waals surface area contributed by atoms with E-state index in [-0.39, 0.29) is 18.1 Å². The van der Waals surface area contributed by atoms with E-state index in [1.165, 1.54) is 0 Å². The normalized spacial score (nSPS) is 20.9. The molecule has 0 radical (unpaired) electrons. The molecule has 0 saturated carbocycles. The van der Waals surface area contributed by atoms with Crippen LogP contribution < -0.4 is 5.32 Å². The molecule has 24 heavy (non-hydrogen) atoms. The number of hydrogen-bond donors (Lipinski definition) is 1. The van der Waals surface area contributed by atoms with Crippen LogP contribution in [-0.2, 0) is 11.3 Å². The number of nitrogens with one attached hydrogen (secondary N) is 1. The van der Waals surface area contributed by atoms with Crippen molar-refractivity contribution in [3.63, 3.8) is 0 Å². The highest BCUT2D eigenvalue weighted by molar-refractivity contribution is 5.94. The molecule has 128 valence electrons. The number of ether oxygens (including phenoxy) is 1. The molecular formula is C19H24N2O3. The van der Waals surface area contributed by atoms with Gasteiger partial charge in [0, 0.05) is 24.3 Å². The van der Waals surface area contributed by atoms with Crippen LogP contribution in [0, 0.1) is 6.92 Å². The average Bonchev–Trinajstić information content (AvgIpc) is 2.97. The highest BCUT2D eigenvalue weighted by atomic mass is 16.5. The molecule has 3 rings (SSSR count). The van der Waals surface area contributed by atoms with Crippen molar-refractivity contribution < 1.29 is 13.9 Å². The van der Waals surface area contributed by atoms with Crippen LogP contribution in [0.25, 0.3) is 0 Å². The fourth-order valence-electron chi connectivity index (χ4n) is 3.03. The SMILES string of the molecule is Cc1ccc(CNc2ccc(C(=O)N3C[C@H](C)O[C@@H](C)C3)cc2)o1. The summed E-state index contributed by atoms with van der Waals surface area (Å²) >= 11 is 0. The van der Waals surface area contributed by atoms with E-state index >= 15 is 0 Å². The number of anilines is 1. The number of aryl methyl sites for hydroxylation is 1. The van der Waals surface area contributed by atoms with Gasteiger partial charge in [0.1, 0.15) is 11.5 Å². The zero-order valence-electron chi connectivity index (χ0n) is 14.4. The summed E-state index contributed by atoms with van der Waals surface area (Å²) in [5.74, 6) is 1.86. The zero-order chi connectivity index (χ0) is 17.1. The van der Waals surface area contributed by atoms with Crippen LogP contribution in [0.2, 0.25) is 0 Å². The Kier molecular flexibility index (Phi) is 4.90. The molecule has 0 aliphatic carbocycles. The summed E-state index contributed by atoms with van der Waals surface area (Å²) in [6.07, 6.45) is 0.158. The molecular weight excluding hydrogens is 304 g/mol. The lowest BCUT2D eigenvalue weighted by atomic mass is 10.1. The monoisotopic (exact) mass is 328 g/mol. The van der Waals surface area contributed by atoms with E-state index < -0.39 is 0 Å². The number of benzene rings is 1. The Morgan fingerprint density at radius 2 is 1.79 bits per heavy atom. The molecule has 1 aromatic heterocycles. The summed E-state index contributed by atoms with van der Waals surface area (Å²) in [7, 11) is 0. The number of furan rings is 1. The molecule has 2 aromatic rings. The molecule has 5 nitrogen and oxygen atoms in total. The second-order valence-corrected chi connectivity index (χ2v) is 6.41. The summed E-state index contributed by atoms with van der Waals surface area (Å²) in [5, 5.41) is 3.30. The predicted octanol–water partition coefficient (Wildman–Crippen LogP) is 3.45. The Morgan fingerprint density at radius 1 is 1.12 bits per heavy atom. The van der Waals surface area contributed by atoms with Gasteiger partial charge in [0.25, 0.3) is 5.91 Å². The van der Waals surface area contributed by atoms with Crippen molar-refractivity contribution in [2.24, 2.45) is 0 Å². The van der Waals surface area contributed by atoms with Gasteiger partial charge in [0.05, 0.1) is 18.8 Å². The van der Waals surface area contributed by atoms with Crippen LogP contribution in [0.5, 0.6) is 0 Å². The Bertz CT molecular complexity index is 683. The topological polar surface area (TPSA) is 54.7 Å². The maximum absolute atomic E-state index is 12.6. The van der Waals surface area contributed by atoms with Crippen molar-refractivity contribution >= 4 is 11.6 Å². The maximum atomic E-state index is 12.6. The minimum Gasteiger partial charge on any atom is -0.465 e. The van der Waals surface area contributed by atoms with E-state index in [1.54, 1.807) is 0 Å². The molecule has 0 spiro atoms. The lowest BCUT2D eigenvalue weighted by Gasteiger charge is -2.35. The molecule has 2 atom stereocenters. The largest absolute Gasteiger partial charge is 0.465 e. The standard InChI is InChI=1S/C19H24N2O3/c1-13-4-9-18(24-13)10-20-17-7-5-16(6-8-17)19(22)21-11-14(2)23-15(3)12-21/h4-9,14-15,20H,10-12H2,1-3H3/t14-,15-/m0/s1. The maximum Gasteiger partial charge on any atom is 0.254 e. The number of amides is 1. The van der Waals surface area contributed by atoms with E-state index in [0.29, 0.717) is 25.2 Å². The fraction of sp³-hybridized carbons (Fsp3) is 0.421. The van der Waals surface area contributed by atoms with Gasteiger partial charge >= 0.3 is 0 Å². The van der Waals surface area contributed by atoms with Crippen LogP contribution in [0.3, 0.4) is 0 Å². The van der Waals surface area contributed by atoms with E-state index in [2.05, 4.69) is 5.32 Å². The van der Waals surface area contributed by atoms with Gasteiger partial charge in [0.15, 0.2) is 0 Å². The molecule has 1 aromatic carbocycles. The van der Waals surface area contributed by atoms with Crippen molar-refractivity contribution in [3.8, 4) is 0 Å². The zero-order valence-corrected chi connectivity index (χ0v) is 14.4. The summed E-state index contributed by atoms with van der Waals surface area (Å²) in [6.45, 7) is 7.83. The van der Waals surface area contributed by atoms with Gasteiger partial charge in [-0.2, -0.15) is 0 Å². The smallest absolute Gasteiger partial charge is 0.254 e. The van der Waals surface area contributed by atoms with Gasteiger partial charge in [-0.1, -0.05) is 0 Å². The fourth-order valence-corrected chi connectivity index (χ4v) is 3.03. The highest BCUT2D eigenvalue weighted by Crippen LogP contribution is 2.17. The van der Waals surface area contributed by atoms with Crippen LogP contribution in [-0.4, -0.2) is 36.1 Å². The van der Waals surface area contributed by atoms with Gasteiger partial charge in [-0.05, 0) is 57.2 Å². The van der Waals surface area contributed by atoms with Crippen molar-refractivity contribution in [2.45, 2.75) is 39.5 Å². The third kappa shape index (κ3) is 3.97. The van der Waals surface area contributed by atoms with Gasteiger partial charge in [-0.3, -0.25) is 4.79 Å². The lowest BCUT2D eigenvalue weighted by molar-refractivity contribution is -0.0586. The predicted molar refractivity (Wildman–Crippen MR) is 93.1 cm³/mol. The van der Waals surface area contributed by atoms with Crippen molar-refractivity contribution in [1.29, 1.82) is 0 Å². The number of hydrogen-bond acceptors (Lipinski definition) is 4. The second kappa shape index (κ2) is 7.09. The van der Waals surface area contributed by atoms with Gasteiger partial charge in [-0.15, -0.1) is 0 Å².